The number of hydrogen-bond donors (Lipinski definition) is 0. The Bertz CT molecular complexity index is 676. The molecule has 0 amide bonds. The molecule has 6 heteroatoms. The molecular weight excluding hydrogens is 331 g/mol. The monoisotopic (exact) mass is 349 g/mol. The van der Waals surface area contributed by atoms with E-state index in [1.165, 1.54) is 6.08 Å². The van der Waals surface area contributed by atoms with E-state index in [9.17, 15) is 18.0 Å². The maximum atomic E-state index is 12.5. The van der Waals surface area contributed by atoms with E-state index in [2.05, 4.69) is 0 Å². The number of hydrogen-bond acceptors (Lipinski definition) is 3. The molecule has 0 unspecified atom stereocenters. The number of carbonyl (C=O) groups is 1. The molecule has 1 fully saturated rings. The summed E-state index contributed by atoms with van der Waals surface area (Å²) < 4.78 is 43.0. The molecule has 1 aromatic rings. The Morgan fingerprint density at radius 2 is 1.76 bits per heavy atom. The minimum absolute atomic E-state index is 0.122. The van der Waals surface area contributed by atoms with Gasteiger partial charge in [0, 0.05) is 6.08 Å². The first-order valence-electron chi connectivity index (χ1n) is 8.01. The number of nitrogens with zero attached hydrogens (tertiary/aromatic N) is 1. The fourth-order valence-electron chi connectivity index (χ4n) is 2.73. The molecule has 2 rings (SSSR count). The Balaban J connectivity index is 1.83. The highest BCUT2D eigenvalue weighted by molar-refractivity contribution is 5.89. The van der Waals surface area contributed by atoms with Crippen molar-refractivity contribution in [2.24, 2.45) is 5.92 Å². The van der Waals surface area contributed by atoms with Crippen molar-refractivity contribution in [3.05, 3.63) is 59.7 Å². The number of allylic oxidation sites excluding steroid dienone is 4. The third-order valence-electron chi connectivity index (χ3n) is 4.11. The van der Waals surface area contributed by atoms with Crippen LogP contribution in [0, 0.1) is 17.2 Å². The molecule has 0 aliphatic heterocycles. The normalized spacial score (nSPS) is 21.4. The minimum Gasteiger partial charge on any atom is -0.459 e. The van der Waals surface area contributed by atoms with Gasteiger partial charge in [0.05, 0.1) is 17.2 Å². The average Bonchev–Trinajstić information content (AvgIpc) is 2.59. The summed E-state index contributed by atoms with van der Waals surface area (Å²) in [5, 5.41) is 8.40. The Hall–Kier alpha value is -2.55. The quantitative estimate of drug-likeness (QED) is 0.434. The predicted molar refractivity (Wildman–Crippen MR) is 86.5 cm³/mol. The molecule has 0 radical (unpaired) electrons. The van der Waals surface area contributed by atoms with Crippen LogP contribution in [0.4, 0.5) is 13.2 Å². The molecule has 25 heavy (non-hydrogen) atoms. The number of rotatable bonds is 4. The van der Waals surface area contributed by atoms with Gasteiger partial charge in [-0.15, -0.1) is 0 Å². The Labute approximate surface area is 144 Å². The third kappa shape index (κ3) is 5.79. The fourth-order valence-corrected chi connectivity index (χ4v) is 2.73. The van der Waals surface area contributed by atoms with Gasteiger partial charge in [0.15, 0.2) is 0 Å². The molecule has 0 N–H and O–H groups in total. The van der Waals surface area contributed by atoms with E-state index in [1.807, 2.05) is 18.2 Å². The molecule has 0 spiro atoms. The maximum Gasteiger partial charge on any atom is 0.416 e. The lowest BCUT2D eigenvalue weighted by Gasteiger charge is -2.26. The highest BCUT2D eigenvalue weighted by atomic mass is 19.4. The summed E-state index contributed by atoms with van der Waals surface area (Å²) in [6.45, 7) is 0. The van der Waals surface area contributed by atoms with E-state index in [0.29, 0.717) is 18.8 Å². The van der Waals surface area contributed by atoms with Crippen LogP contribution in [0.3, 0.4) is 0 Å². The number of esters is 1. The van der Waals surface area contributed by atoms with E-state index < -0.39 is 17.7 Å². The summed E-state index contributed by atoms with van der Waals surface area (Å²) in [5.41, 5.74) is -0.668. The molecule has 3 nitrogen and oxygen atoms in total. The van der Waals surface area contributed by atoms with Gasteiger partial charge in [-0.3, -0.25) is 0 Å². The van der Waals surface area contributed by atoms with Gasteiger partial charge in [0.2, 0.25) is 0 Å². The first kappa shape index (κ1) is 18.8. The molecule has 132 valence electrons. The fraction of sp³-hybridized carbons (Fsp3) is 0.368. The van der Waals surface area contributed by atoms with Crippen molar-refractivity contribution in [2.45, 2.75) is 38.0 Å². The summed E-state index contributed by atoms with van der Waals surface area (Å²) in [4.78, 5) is 12.0. The standard InChI is InChI=1S/C19H18F3NO2/c20-19(21,22)16-9-7-15(8-10-16)18(24)25-17-11-5-14(6-12-17)4-2-1-3-13-23/h1-4,7-10,14,17H,5-6,11-12H2. The summed E-state index contributed by atoms with van der Waals surface area (Å²) >= 11 is 0. The van der Waals surface area contributed by atoms with Crippen molar-refractivity contribution < 1.29 is 22.7 Å². The second-order valence-electron chi connectivity index (χ2n) is 5.89. The van der Waals surface area contributed by atoms with Crippen LogP contribution in [0.1, 0.15) is 41.6 Å². The molecule has 1 aliphatic rings. The van der Waals surface area contributed by atoms with Crippen LogP contribution in [0.5, 0.6) is 0 Å². The summed E-state index contributed by atoms with van der Waals surface area (Å²) in [7, 11) is 0. The van der Waals surface area contributed by atoms with Crippen molar-refractivity contribution in [1.29, 1.82) is 5.26 Å². The number of benzene rings is 1. The highest BCUT2D eigenvalue weighted by Crippen LogP contribution is 2.30. The van der Waals surface area contributed by atoms with Crippen molar-refractivity contribution >= 4 is 5.97 Å². The predicted octanol–water partition coefficient (Wildman–Crippen LogP) is 5.06. The lowest BCUT2D eigenvalue weighted by Crippen LogP contribution is -2.24. The molecule has 1 aliphatic carbocycles. The molecular formula is C19H18F3NO2. The van der Waals surface area contributed by atoms with Crippen molar-refractivity contribution in [2.75, 3.05) is 0 Å². The van der Waals surface area contributed by atoms with E-state index in [4.69, 9.17) is 10.00 Å². The molecule has 1 saturated carbocycles. The number of carbonyl (C=O) groups excluding carboxylic acids is 1. The summed E-state index contributed by atoms with van der Waals surface area (Å²) in [6, 6.07) is 5.95. The van der Waals surface area contributed by atoms with Gasteiger partial charge in [-0.05, 0) is 55.9 Å². The second kappa shape index (κ2) is 8.52. The largest absolute Gasteiger partial charge is 0.459 e. The Morgan fingerprint density at radius 1 is 1.12 bits per heavy atom. The van der Waals surface area contributed by atoms with Gasteiger partial charge in [0.25, 0.3) is 0 Å². The van der Waals surface area contributed by atoms with Crippen molar-refractivity contribution in [3.8, 4) is 6.07 Å². The molecule has 0 heterocycles. The first-order chi connectivity index (χ1) is 11.9. The van der Waals surface area contributed by atoms with Gasteiger partial charge in [0.1, 0.15) is 6.10 Å². The maximum absolute atomic E-state index is 12.5. The van der Waals surface area contributed by atoms with Crippen LogP contribution < -0.4 is 0 Å². The van der Waals surface area contributed by atoms with Crippen LogP contribution in [-0.2, 0) is 10.9 Å². The zero-order valence-electron chi connectivity index (χ0n) is 13.5. The van der Waals surface area contributed by atoms with Crippen LogP contribution in [0.15, 0.2) is 48.6 Å². The van der Waals surface area contributed by atoms with Crippen molar-refractivity contribution in [1.82, 2.24) is 0 Å². The van der Waals surface area contributed by atoms with Crippen LogP contribution >= 0.6 is 0 Å². The van der Waals surface area contributed by atoms with Gasteiger partial charge >= 0.3 is 12.1 Å². The number of halogens is 3. The molecule has 0 atom stereocenters. The lowest BCUT2D eigenvalue weighted by molar-refractivity contribution is -0.137. The lowest BCUT2D eigenvalue weighted by atomic mass is 9.87. The van der Waals surface area contributed by atoms with E-state index in [1.54, 1.807) is 6.08 Å². The second-order valence-corrected chi connectivity index (χ2v) is 5.89. The average molecular weight is 349 g/mol. The minimum atomic E-state index is -4.42. The third-order valence-corrected chi connectivity index (χ3v) is 4.11. The zero-order chi connectivity index (χ0) is 18.3. The Morgan fingerprint density at radius 3 is 2.32 bits per heavy atom. The van der Waals surface area contributed by atoms with Gasteiger partial charge in [-0.1, -0.05) is 18.2 Å². The van der Waals surface area contributed by atoms with Crippen LogP contribution in [-0.4, -0.2) is 12.1 Å². The Kier molecular flexibility index (Phi) is 6.40. The first-order valence-corrected chi connectivity index (χ1v) is 8.01. The number of alkyl halides is 3. The molecule has 0 aromatic heterocycles. The summed E-state index contributed by atoms with van der Waals surface area (Å²) in [5.74, 6) is -0.214. The van der Waals surface area contributed by atoms with E-state index in [0.717, 1.165) is 37.1 Å². The van der Waals surface area contributed by atoms with Crippen LogP contribution in [0.2, 0.25) is 0 Å². The molecule has 0 saturated heterocycles. The topological polar surface area (TPSA) is 50.1 Å². The molecule has 0 bridgehead atoms. The summed E-state index contributed by atoms with van der Waals surface area (Å²) in [6.07, 6.45) is 5.45. The van der Waals surface area contributed by atoms with Gasteiger partial charge in [-0.2, -0.15) is 18.4 Å². The number of nitriles is 1. The number of ether oxygens (including phenoxy) is 1. The highest BCUT2D eigenvalue weighted by Gasteiger charge is 2.30. The smallest absolute Gasteiger partial charge is 0.416 e. The van der Waals surface area contributed by atoms with Gasteiger partial charge < -0.3 is 4.74 Å². The van der Waals surface area contributed by atoms with Gasteiger partial charge in [-0.25, -0.2) is 4.79 Å². The molecule has 1 aromatic carbocycles. The SMILES string of the molecule is N#CC=CC=CC1CCC(OC(=O)c2ccc(C(F)(F)F)cc2)CC1. The van der Waals surface area contributed by atoms with E-state index >= 15 is 0 Å². The van der Waals surface area contributed by atoms with Crippen molar-refractivity contribution in [3.63, 3.8) is 0 Å². The van der Waals surface area contributed by atoms with Crippen LogP contribution in [0.25, 0.3) is 0 Å². The zero-order valence-corrected chi connectivity index (χ0v) is 13.5. The van der Waals surface area contributed by atoms with E-state index in [-0.39, 0.29) is 11.7 Å².